The van der Waals surface area contributed by atoms with Crippen molar-refractivity contribution < 1.29 is 9.53 Å². The molecule has 0 spiro atoms. The summed E-state index contributed by atoms with van der Waals surface area (Å²) in [6.07, 6.45) is 3.72. The number of benzene rings is 2. The van der Waals surface area contributed by atoms with Crippen molar-refractivity contribution >= 4 is 16.8 Å². The monoisotopic (exact) mass is 321 g/mol. The smallest absolute Gasteiger partial charge is 0.256 e. The van der Waals surface area contributed by atoms with E-state index in [0.717, 1.165) is 41.6 Å². The number of nitrogens with one attached hydrogen (secondary N) is 1. The second-order valence-electron chi connectivity index (χ2n) is 6.07. The number of para-hydroxylation sites is 1. The molecule has 1 aliphatic heterocycles. The Balaban J connectivity index is 1.69. The lowest BCUT2D eigenvalue weighted by atomic mass is 10.0. The molecule has 3 aromatic rings. The second-order valence-corrected chi connectivity index (χ2v) is 6.07. The highest BCUT2D eigenvalue weighted by Crippen LogP contribution is 2.35. The molecule has 5 nitrogen and oxygen atoms in total. The first-order valence-corrected chi connectivity index (χ1v) is 8.15. The van der Waals surface area contributed by atoms with Gasteiger partial charge in [0.25, 0.3) is 5.91 Å². The van der Waals surface area contributed by atoms with E-state index in [-0.39, 0.29) is 11.9 Å². The fraction of sp³-hybridized carbons (Fsp3) is 0.263. The van der Waals surface area contributed by atoms with Gasteiger partial charge < -0.3 is 9.64 Å². The fourth-order valence-electron chi connectivity index (χ4n) is 3.51. The van der Waals surface area contributed by atoms with Crippen LogP contribution in [0.5, 0.6) is 5.75 Å². The molecule has 1 amide bonds. The first kappa shape index (κ1) is 14.8. The number of carbonyl (C=O) groups excluding carboxylic acids is 1. The van der Waals surface area contributed by atoms with E-state index in [0.29, 0.717) is 5.56 Å². The summed E-state index contributed by atoms with van der Waals surface area (Å²) in [6, 6.07) is 13.8. The number of rotatable bonds is 3. The van der Waals surface area contributed by atoms with Crippen molar-refractivity contribution in [3.63, 3.8) is 0 Å². The van der Waals surface area contributed by atoms with Crippen molar-refractivity contribution in [2.45, 2.75) is 18.9 Å². The van der Waals surface area contributed by atoms with Crippen LogP contribution in [0.3, 0.4) is 0 Å². The van der Waals surface area contributed by atoms with Gasteiger partial charge in [-0.25, -0.2) is 0 Å². The maximum absolute atomic E-state index is 13.1. The molecule has 0 bridgehead atoms. The number of H-pyrrole nitrogens is 1. The molecule has 2 aromatic carbocycles. The van der Waals surface area contributed by atoms with Crippen molar-refractivity contribution in [3.05, 3.63) is 59.8 Å². The Morgan fingerprint density at radius 3 is 3.04 bits per heavy atom. The van der Waals surface area contributed by atoms with E-state index in [1.165, 1.54) is 0 Å². The first-order valence-electron chi connectivity index (χ1n) is 8.15. The third kappa shape index (κ3) is 2.42. The number of nitrogens with zero attached hydrogens (tertiary/aromatic N) is 2. The lowest BCUT2D eigenvalue weighted by Gasteiger charge is -2.25. The molecular weight excluding hydrogens is 302 g/mol. The zero-order valence-electron chi connectivity index (χ0n) is 13.5. The van der Waals surface area contributed by atoms with Gasteiger partial charge in [0.2, 0.25) is 0 Å². The van der Waals surface area contributed by atoms with Gasteiger partial charge in [-0.05, 0) is 36.6 Å². The highest BCUT2D eigenvalue weighted by molar-refractivity contribution is 6.05. The summed E-state index contributed by atoms with van der Waals surface area (Å²) < 4.78 is 5.33. The predicted octanol–water partition coefficient (Wildman–Crippen LogP) is 3.55. The number of aromatic nitrogens is 2. The molecule has 0 unspecified atom stereocenters. The van der Waals surface area contributed by atoms with Gasteiger partial charge in [0.05, 0.1) is 30.4 Å². The van der Waals surface area contributed by atoms with Crippen LogP contribution in [0.25, 0.3) is 10.9 Å². The van der Waals surface area contributed by atoms with Crippen LogP contribution in [-0.4, -0.2) is 34.7 Å². The van der Waals surface area contributed by atoms with Crippen molar-refractivity contribution in [1.82, 2.24) is 15.1 Å². The third-order valence-electron chi connectivity index (χ3n) is 4.70. The maximum atomic E-state index is 13.1. The van der Waals surface area contributed by atoms with E-state index >= 15 is 0 Å². The van der Waals surface area contributed by atoms with Gasteiger partial charge in [-0.2, -0.15) is 5.10 Å². The summed E-state index contributed by atoms with van der Waals surface area (Å²) in [5, 5.41) is 7.96. The highest BCUT2D eigenvalue weighted by atomic mass is 16.5. The van der Waals surface area contributed by atoms with Crippen LogP contribution < -0.4 is 4.74 Å². The van der Waals surface area contributed by atoms with Crippen LogP contribution in [0, 0.1) is 0 Å². The minimum absolute atomic E-state index is 0.0511. The Labute approximate surface area is 140 Å². The Kier molecular flexibility index (Phi) is 3.69. The molecule has 24 heavy (non-hydrogen) atoms. The molecule has 0 radical (unpaired) electrons. The minimum Gasteiger partial charge on any atom is -0.497 e. The summed E-state index contributed by atoms with van der Waals surface area (Å²) in [5.41, 5.74) is 2.61. The number of ether oxygens (including phenoxy) is 1. The van der Waals surface area contributed by atoms with E-state index < -0.39 is 0 Å². The predicted molar refractivity (Wildman–Crippen MR) is 92.1 cm³/mol. The summed E-state index contributed by atoms with van der Waals surface area (Å²) >= 11 is 0. The molecule has 5 heteroatoms. The molecule has 1 N–H and O–H groups in total. The molecular formula is C19H19N3O2. The summed E-state index contributed by atoms with van der Waals surface area (Å²) in [5.74, 6) is 0.873. The van der Waals surface area contributed by atoms with Crippen molar-refractivity contribution in [2.75, 3.05) is 13.7 Å². The van der Waals surface area contributed by atoms with Gasteiger partial charge >= 0.3 is 0 Å². The van der Waals surface area contributed by atoms with E-state index in [4.69, 9.17) is 4.74 Å². The molecule has 4 rings (SSSR count). The Morgan fingerprint density at radius 2 is 2.17 bits per heavy atom. The largest absolute Gasteiger partial charge is 0.497 e. The summed E-state index contributed by atoms with van der Waals surface area (Å²) in [7, 11) is 1.66. The molecule has 0 aliphatic carbocycles. The number of fused-ring (bicyclic) bond motifs is 1. The molecule has 1 aromatic heterocycles. The van der Waals surface area contributed by atoms with E-state index in [2.05, 4.69) is 16.3 Å². The third-order valence-corrected chi connectivity index (χ3v) is 4.70. The Bertz CT molecular complexity index is 887. The molecule has 1 atom stereocenters. The van der Waals surface area contributed by atoms with Crippen LogP contribution in [0.2, 0.25) is 0 Å². The molecule has 0 saturated carbocycles. The van der Waals surface area contributed by atoms with Crippen molar-refractivity contribution in [3.8, 4) is 5.75 Å². The topological polar surface area (TPSA) is 58.2 Å². The minimum atomic E-state index is 0.0511. The molecule has 1 aliphatic rings. The van der Waals surface area contributed by atoms with Gasteiger partial charge in [0, 0.05) is 11.9 Å². The zero-order valence-corrected chi connectivity index (χ0v) is 13.5. The van der Waals surface area contributed by atoms with Crippen LogP contribution in [0.4, 0.5) is 0 Å². The quantitative estimate of drug-likeness (QED) is 0.802. The normalized spacial score (nSPS) is 17.4. The number of aromatic amines is 1. The highest BCUT2D eigenvalue weighted by Gasteiger charge is 2.31. The fourth-order valence-corrected chi connectivity index (χ4v) is 3.51. The van der Waals surface area contributed by atoms with Crippen LogP contribution in [0.1, 0.15) is 34.8 Å². The van der Waals surface area contributed by atoms with Crippen LogP contribution in [0.15, 0.2) is 48.7 Å². The SMILES string of the molecule is COc1cccc([C@H]2CCCN2C(=O)c2cccc3cn[nH]c23)c1. The Hall–Kier alpha value is -2.82. The average molecular weight is 321 g/mol. The van der Waals surface area contributed by atoms with E-state index in [9.17, 15) is 4.79 Å². The molecule has 1 saturated heterocycles. The number of hydrogen-bond acceptors (Lipinski definition) is 3. The standard InChI is InChI=1S/C19H19N3O2/c1-24-15-7-2-5-13(11-15)17-9-4-10-22(17)19(23)16-8-3-6-14-12-20-21-18(14)16/h2-3,5-8,11-12,17H,4,9-10H2,1H3,(H,20,21)/t17-/m1/s1. The summed E-state index contributed by atoms with van der Waals surface area (Å²) in [4.78, 5) is 15.1. The number of amides is 1. The number of hydrogen-bond donors (Lipinski definition) is 1. The zero-order chi connectivity index (χ0) is 16.5. The van der Waals surface area contributed by atoms with Gasteiger partial charge in [-0.15, -0.1) is 0 Å². The Morgan fingerprint density at radius 1 is 1.29 bits per heavy atom. The van der Waals surface area contributed by atoms with Gasteiger partial charge in [0.1, 0.15) is 5.75 Å². The van der Waals surface area contributed by atoms with E-state index in [1.54, 1.807) is 13.3 Å². The number of methoxy groups -OCH3 is 1. The second kappa shape index (κ2) is 6.00. The molecule has 1 fully saturated rings. The van der Waals surface area contributed by atoms with Crippen LogP contribution >= 0.6 is 0 Å². The van der Waals surface area contributed by atoms with Gasteiger partial charge in [-0.3, -0.25) is 9.89 Å². The summed E-state index contributed by atoms with van der Waals surface area (Å²) in [6.45, 7) is 0.769. The molecule has 2 heterocycles. The van der Waals surface area contributed by atoms with Gasteiger partial charge in [-0.1, -0.05) is 24.3 Å². The van der Waals surface area contributed by atoms with Gasteiger partial charge in [0.15, 0.2) is 0 Å². The lowest BCUT2D eigenvalue weighted by molar-refractivity contribution is 0.0737. The van der Waals surface area contributed by atoms with Crippen molar-refractivity contribution in [2.24, 2.45) is 0 Å². The first-order chi connectivity index (χ1) is 11.8. The van der Waals surface area contributed by atoms with E-state index in [1.807, 2.05) is 41.3 Å². The number of likely N-dealkylation sites (tertiary alicyclic amines) is 1. The number of carbonyl (C=O) groups is 1. The molecule has 122 valence electrons. The maximum Gasteiger partial charge on any atom is 0.256 e. The lowest BCUT2D eigenvalue weighted by Crippen LogP contribution is -2.30. The van der Waals surface area contributed by atoms with Crippen LogP contribution in [-0.2, 0) is 0 Å². The average Bonchev–Trinajstić information content (AvgIpc) is 3.29. The van der Waals surface area contributed by atoms with Crippen molar-refractivity contribution in [1.29, 1.82) is 0 Å².